The van der Waals surface area contributed by atoms with E-state index in [0.29, 0.717) is 22.4 Å². The molecule has 0 saturated heterocycles. The fraction of sp³-hybridized carbons (Fsp3) is 0.207. The summed E-state index contributed by atoms with van der Waals surface area (Å²) in [6.07, 6.45) is -4.54. The molecule has 11 heteroatoms. The quantitative estimate of drug-likeness (QED) is 0.326. The molecule has 1 heterocycles. The predicted octanol–water partition coefficient (Wildman–Crippen LogP) is 5.48. The average molecular weight is 554 g/mol. The van der Waals surface area contributed by atoms with Crippen LogP contribution in [0.25, 0.3) is 5.70 Å². The van der Waals surface area contributed by atoms with Gasteiger partial charge < -0.3 is 25.4 Å². The normalized spacial score (nSPS) is 15.1. The van der Waals surface area contributed by atoms with Gasteiger partial charge in [0.05, 0.1) is 23.9 Å². The van der Waals surface area contributed by atoms with E-state index >= 15 is 0 Å². The van der Waals surface area contributed by atoms with Gasteiger partial charge in [-0.3, -0.25) is 9.59 Å². The van der Waals surface area contributed by atoms with Gasteiger partial charge in [-0.1, -0.05) is 42.5 Å². The third-order valence-corrected chi connectivity index (χ3v) is 5.95. The maximum atomic E-state index is 13.0. The Hall–Kier alpha value is -4.80. The van der Waals surface area contributed by atoms with Crippen molar-refractivity contribution in [2.45, 2.75) is 26.1 Å². The standard InChI is InChI=1S/C29H26F3N3O5/c1-3-39-23-14-19(27-25(17(2)36)26(34-28(38)35-27)18-8-5-4-6-9-18)12-13-22(23)40-16-24(37)33-21-11-7-10-20(15-21)29(30,31)32/h4-15,27H,3,16H2,1-2H3,(H,33,37)(H2,34,35,38). The van der Waals surface area contributed by atoms with Crippen molar-refractivity contribution in [3.8, 4) is 11.5 Å². The minimum Gasteiger partial charge on any atom is -0.490 e. The molecule has 4 rings (SSSR count). The number of nitrogens with one attached hydrogen (secondary N) is 3. The number of ketones is 1. The van der Waals surface area contributed by atoms with Gasteiger partial charge in [0, 0.05) is 11.3 Å². The van der Waals surface area contributed by atoms with Gasteiger partial charge in [-0.15, -0.1) is 0 Å². The van der Waals surface area contributed by atoms with Crippen molar-refractivity contribution < 1.29 is 37.0 Å². The SMILES string of the molecule is CCOc1cc(C2NC(=O)NC(c3ccccc3)=C2C(C)=O)ccc1OCC(=O)Nc1cccc(C(F)(F)F)c1. The summed E-state index contributed by atoms with van der Waals surface area (Å²) in [6, 6.07) is 16.7. The first-order valence-corrected chi connectivity index (χ1v) is 12.3. The number of hydrogen-bond donors (Lipinski definition) is 3. The number of benzene rings is 3. The highest BCUT2D eigenvalue weighted by Gasteiger charge is 2.32. The van der Waals surface area contributed by atoms with Crippen molar-refractivity contribution >= 4 is 29.1 Å². The number of anilines is 1. The number of carbonyl (C=O) groups is 3. The Morgan fingerprint density at radius 1 is 0.950 bits per heavy atom. The fourth-order valence-electron chi connectivity index (χ4n) is 4.23. The lowest BCUT2D eigenvalue weighted by molar-refractivity contribution is -0.137. The highest BCUT2D eigenvalue weighted by atomic mass is 19.4. The molecule has 0 aliphatic carbocycles. The molecule has 40 heavy (non-hydrogen) atoms. The minimum absolute atomic E-state index is 0.0248. The van der Waals surface area contributed by atoms with E-state index in [1.165, 1.54) is 25.1 Å². The van der Waals surface area contributed by atoms with Crippen molar-refractivity contribution in [3.63, 3.8) is 0 Å². The molecule has 1 atom stereocenters. The summed E-state index contributed by atoms with van der Waals surface area (Å²) >= 11 is 0. The fourth-order valence-corrected chi connectivity index (χ4v) is 4.23. The number of rotatable bonds is 9. The lowest BCUT2D eigenvalue weighted by Crippen LogP contribution is -2.44. The number of hydrogen-bond acceptors (Lipinski definition) is 5. The molecule has 208 valence electrons. The molecule has 3 N–H and O–H groups in total. The molecule has 3 aromatic carbocycles. The topological polar surface area (TPSA) is 106 Å². The molecule has 0 fully saturated rings. The third-order valence-electron chi connectivity index (χ3n) is 5.95. The molecule has 3 amide bonds. The van der Waals surface area contributed by atoms with Crippen LogP contribution in [0.1, 0.15) is 36.6 Å². The van der Waals surface area contributed by atoms with Gasteiger partial charge in [-0.2, -0.15) is 13.2 Å². The zero-order chi connectivity index (χ0) is 28.9. The first-order valence-electron chi connectivity index (χ1n) is 12.3. The Morgan fingerprint density at radius 3 is 2.38 bits per heavy atom. The highest BCUT2D eigenvalue weighted by molar-refractivity contribution is 6.07. The van der Waals surface area contributed by atoms with Crippen LogP contribution in [0.5, 0.6) is 11.5 Å². The molecule has 0 radical (unpaired) electrons. The number of alkyl halides is 3. The predicted molar refractivity (Wildman–Crippen MR) is 142 cm³/mol. The van der Waals surface area contributed by atoms with Crippen LogP contribution in [0.2, 0.25) is 0 Å². The van der Waals surface area contributed by atoms with Crippen molar-refractivity contribution in [2.24, 2.45) is 0 Å². The Balaban J connectivity index is 1.57. The summed E-state index contributed by atoms with van der Waals surface area (Å²) in [4.78, 5) is 37.7. The molecule has 8 nitrogen and oxygen atoms in total. The molecule has 1 aliphatic heterocycles. The summed E-state index contributed by atoms with van der Waals surface area (Å²) in [7, 11) is 0. The maximum absolute atomic E-state index is 13.0. The van der Waals surface area contributed by atoms with E-state index in [1.54, 1.807) is 43.3 Å². The van der Waals surface area contributed by atoms with Gasteiger partial charge in [0.1, 0.15) is 0 Å². The van der Waals surface area contributed by atoms with Crippen LogP contribution in [0.3, 0.4) is 0 Å². The maximum Gasteiger partial charge on any atom is 0.416 e. The summed E-state index contributed by atoms with van der Waals surface area (Å²) in [6.45, 7) is 2.90. The van der Waals surface area contributed by atoms with Crippen LogP contribution in [0, 0.1) is 0 Å². The van der Waals surface area contributed by atoms with Crippen LogP contribution in [-0.2, 0) is 15.8 Å². The second-order valence-corrected chi connectivity index (χ2v) is 8.80. The van der Waals surface area contributed by atoms with Crippen LogP contribution in [-0.4, -0.2) is 30.9 Å². The first kappa shape index (κ1) is 28.2. The number of urea groups is 1. The Labute approximate surface area is 228 Å². The minimum atomic E-state index is -4.54. The number of amides is 3. The summed E-state index contributed by atoms with van der Waals surface area (Å²) in [5.74, 6) is -0.475. The molecule has 0 saturated carbocycles. The summed E-state index contributed by atoms with van der Waals surface area (Å²) in [5.41, 5.74) is 1.04. The smallest absolute Gasteiger partial charge is 0.416 e. The van der Waals surface area contributed by atoms with E-state index in [4.69, 9.17) is 9.47 Å². The number of Topliss-reactive ketones (excluding diaryl/α,β-unsaturated/α-hetero) is 1. The van der Waals surface area contributed by atoms with E-state index < -0.39 is 36.3 Å². The number of ether oxygens (including phenoxy) is 2. The van der Waals surface area contributed by atoms with Gasteiger partial charge in [-0.25, -0.2) is 4.79 Å². The van der Waals surface area contributed by atoms with E-state index in [1.807, 2.05) is 6.07 Å². The Morgan fingerprint density at radius 2 is 1.70 bits per heavy atom. The molecule has 1 unspecified atom stereocenters. The summed E-state index contributed by atoms with van der Waals surface area (Å²) < 4.78 is 50.2. The lowest BCUT2D eigenvalue weighted by atomic mass is 9.90. The van der Waals surface area contributed by atoms with Crippen molar-refractivity contribution in [2.75, 3.05) is 18.5 Å². The molecule has 0 aromatic heterocycles. The Bertz CT molecular complexity index is 1450. The van der Waals surface area contributed by atoms with Gasteiger partial charge >= 0.3 is 12.2 Å². The zero-order valence-electron chi connectivity index (χ0n) is 21.6. The summed E-state index contributed by atoms with van der Waals surface area (Å²) in [5, 5.41) is 7.88. The van der Waals surface area contributed by atoms with Gasteiger partial charge in [0.25, 0.3) is 5.91 Å². The van der Waals surface area contributed by atoms with E-state index in [2.05, 4.69) is 16.0 Å². The third kappa shape index (κ3) is 6.60. The number of halogens is 3. The van der Waals surface area contributed by atoms with Gasteiger partial charge in [-0.05, 0) is 55.3 Å². The van der Waals surface area contributed by atoms with Crippen molar-refractivity contribution in [1.82, 2.24) is 10.6 Å². The molecule has 1 aliphatic rings. The Kier molecular flexibility index (Phi) is 8.42. The van der Waals surface area contributed by atoms with Gasteiger partial charge in [0.2, 0.25) is 0 Å². The van der Waals surface area contributed by atoms with E-state index in [0.717, 1.165) is 12.1 Å². The molecular formula is C29H26F3N3O5. The van der Waals surface area contributed by atoms with Crippen molar-refractivity contribution in [3.05, 3.63) is 95.1 Å². The first-order chi connectivity index (χ1) is 19.1. The monoisotopic (exact) mass is 553 g/mol. The van der Waals surface area contributed by atoms with Crippen LogP contribution in [0.15, 0.2) is 78.4 Å². The van der Waals surface area contributed by atoms with E-state index in [-0.39, 0.29) is 29.6 Å². The van der Waals surface area contributed by atoms with Crippen LogP contribution in [0.4, 0.5) is 23.7 Å². The van der Waals surface area contributed by atoms with Crippen LogP contribution >= 0.6 is 0 Å². The number of carbonyl (C=O) groups excluding carboxylic acids is 3. The van der Waals surface area contributed by atoms with Gasteiger partial charge in [0.15, 0.2) is 23.9 Å². The lowest BCUT2D eigenvalue weighted by Gasteiger charge is -2.30. The van der Waals surface area contributed by atoms with E-state index in [9.17, 15) is 27.6 Å². The zero-order valence-corrected chi connectivity index (χ0v) is 21.6. The molecule has 0 spiro atoms. The largest absolute Gasteiger partial charge is 0.490 e. The van der Waals surface area contributed by atoms with Crippen molar-refractivity contribution in [1.29, 1.82) is 0 Å². The molecular weight excluding hydrogens is 527 g/mol. The second kappa shape index (κ2) is 11.9. The average Bonchev–Trinajstić information content (AvgIpc) is 2.92. The highest BCUT2D eigenvalue weighted by Crippen LogP contribution is 2.36. The molecule has 3 aromatic rings. The van der Waals surface area contributed by atoms with Crippen LogP contribution < -0.4 is 25.4 Å². The molecule has 0 bridgehead atoms. The second-order valence-electron chi connectivity index (χ2n) is 8.80.